The molecule has 98 valence electrons. The Morgan fingerprint density at radius 2 is 1.88 bits per heavy atom. The van der Waals surface area contributed by atoms with E-state index in [-0.39, 0.29) is 11.8 Å². The molecular formula is C12H23N3OS. The van der Waals surface area contributed by atoms with E-state index in [1.165, 1.54) is 6.42 Å². The first-order valence-corrected chi connectivity index (χ1v) is 6.81. The minimum atomic E-state index is -0.275. The Morgan fingerprint density at radius 3 is 2.29 bits per heavy atom. The van der Waals surface area contributed by atoms with Gasteiger partial charge in [-0.05, 0) is 19.4 Å². The molecule has 4 nitrogen and oxygen atoms in total. The largest absolute Gasteiger partial charge is 0.393 e. The molecule has 0 aromatic carbocycles. The van der Waals surface area contributed by atoms with Crippen molar-refractivity contribution in [2.24, 2.45) is 11.7 Å². The highest BCUT2D eigenvalue weighted by Crippen LogP contribution is 2.11. The zero-order valence-corrected chi connectivity index (χ0v) is 11.6. The molecule has 1 aliphatic heterocycles. The highest BCUT2D eigenvalue weighted by atomic mass is 32.1. The molecule has 1 aliphatic rings. The van der Waals surface area contributed by atoms with E-state index in [2.05, 4.69) is 11.8 Å². The Kier molecular flexibility index (Phi) is 5.85. The number of carbonyl (C=O) groups is 1. The smallest absolute Gasteiger partial charge is 0.232 e. The molecule has 1 saturated heterocycles. The molecule has 1 atom stereocenters. The van der Waals surface area contributed by atoms with Crippen molar-refractivity contribution >= 4 is 23.1 Å². The van der Waals surface area contributed by atoms with E-state index in [0.29, 0.717) is 11.4 Å². The Balaban J connectivity index is 2.47. The van der Waals surface area contributed by atoms with Crippen LogP contribution in [0, 0.1) is 5.92 Å². The van der Waals surface area contributed by atoms with Gasteiger partial charge in [-0.2, -0.15) is 0 Å². The summed E-state index contributed by atoms with van der Waals surface area (Å²) in [6.07, 6.45) is 1.86. The van der Waals surface area contributed by atoms with Crippen molar-refractivity contribution in [3.63, 3.8) is 0 Å². The number of nitrogens with two attached hydrogens (primary N) is 1. The second kappa shape index (κ2) is 6.91. The van der Waals surface area contributed by atoms with Crippen LogP contribution in [0.1, 0.15) is 26.7 Å². The fraction of sp³-hybridized carbons (Fsp3) is 0.833. The van der Waals surface area contributed by atoms with Gasteiger partial charge in [0.15, 0.2) is 0 Å². The van der Waals surface area contributed by atoms with Gasteiger partial charge in [-0.3, -0.25) is 9.69 Å². The number of rotatable bonds is 5. The average Bonchev–Trinajstić information content (AvgIpc) is 2.30. The maximum atomic E-state index is 12.2. The van der Waals surface area contributed by atoms with Crippen LogP contribution in [0.2, 0.25) is 0 Å². The number of thiocarbonyl (C=S) groups is 1. The highest BCUT2D eigenvalue weighted by molar-refractivity contribution is 7.80. The van der Waals surface area contributed by atoms with Crippen LogP contribution in [0.4, 0.5) is 0 Å². The highest BCUT2D eigenvalue weighted by Gasteiger charge is 2.27. The van der Waals surface area contributed by atoms with Crippen LogP contribution >= 0.6 is 12.2 Å². The standard InChI is InChI=1S/C12H23N3OS/c1-3-5-14-6-8-15(9-7-14)12(16)10(4-2)11(13)17/h10H,3-9H2,1-2H3,(H2,13,17). The molecule has 0 aromatic heterocycles. The van der Waals surface area contributed by atoms with Crippen LogP contribution in [0.3, 0.4) is 0 Å². The molecule has 1 heterocycles. The lowest BCUT2D eigenvalue weighted by Gasteiger charge is -2.36. The third-order valence-corrected chi connectivity index (χ3v) is 3.56. The average molecular weight is 257 g/mol. The van der Waals surface area contributed by atoms with Gasteiger partial charge in [-0.15, -0.1) is 0 Å². The Morgan fingerprint density at radius 1 is 1.29 bits per heavy atom. The van der Waals surface area contributed by atoms with Gasteiger partial charge in [-0.1, -0.05) is 26.1 Å². The van der Waals surface area contributed by atoms with Crippen molar-refractivity contribution < 1.29 is 4.79 Å². The Bertz CT molecular complexity index is 275. The minimum absolute atomic E-state index is 0.108. The van der Waals surface area contributed by atoms with E-state index in [4.69, 9.17) is 18.0 Å². The van der Waals surface area contributed by atoms with Crippen molar-refractivity contribution in [2.75, 3.05) is 32.7 Å². The fourth-order valence-electron chi connectivity index (χ4n) is 2.23. The molecule has 0 bridgehead atoms. The van der Waals surface area contributed by atoms with Crippen LogP contribution in [0.5, 0.6) is 0 Å². The minimum Gasteiger partial charge on any atom is -0.393 e. The predicted octanol–water partition coefficient (Wildman–Crippen LogP) is 0.853. The van der Waals surface area contributed by atoms with E-state index >= 15 is 0 Å². The molecule has 1 amide bonds. The van der Waals surface area contributed by atoms with Gasteiger partial charge < -0.3 is 10.6 Å². The number of hydrogen-bond acceptors (Lipinski definition) is 3. The zero-order valence-electron chi connectivity index (χ0n) is 10.8. The second-order valence-corrected chi connectivity index (χ2v) is 5.00. The van der Waals surface area contributed by atoms with Gasteiger partial charge >= 0.3 is 0 Å². The maximum Gasteiger partial charge on any atom is 0.232 e. The quantitative estimate of drug-likeness (QED) is 0.742. The number of carbonyl (C=O) groups excluding carboxylic acids is 1. The van der Waals surface area contributed by atoms with E-state index in [0.717, 1.165) is 32.7 Å². The molecule has 5 heteroatoms. The van der Waals surface area contributed by atoms with Gasteiger partial charge in [0, 0.05) is 26.2 Å². The molecule has 0 saturated carbocycles. The summed E-state index contributed by atoms with van der Waals surface area (Å²) in [6, 6.07) is 0. The molecule has 0 aliphatic carbocycles. The number of nitrogens with zero attached hydrogens (tertiary/aromatic N) is 2. The van der Waals surface area contributed by atoms with Crippen LogP contribution < -0.4 is 5.73 Å². The lowest BCUT2D eigenvalue weighted by molar-refractivity contribution is -0.135. The first kappa shape index (κ1) is 14.4. The number of hydrogen-bond donors (Lipinski definition) is 1. The molecule has 0 aromatic rings. The predicted molar refractivity (Wildman–Crippen MR) is 73.9 cm³/mol. The molecule has 1 fully saturated rings. The molecule has 17 heavy (non-hydrogen) atoms. The second-order valence-electron chi connectivity index (χ2n) is 4.53. The van der Waals surface area contributed by atoms with Gasteiger partial charge in [0.25, 0.3) is 0 Å². The van der Waals surface area contributed by atoms with E-state index < -0.39 is 0 Å². The Hall–Kier alpha value is -0.680. The molecule has 2 N–H and O–H groups in total. The van der Waals surface area contributed by atoms with Gasteiger partial charge in [0.05, 0.1) is 10.9 Å². The van der Waals surface area contributed by atoms with Crippen molar-refractivity contribution in [1.82, 2.24) is 9.80 Å². The van der Waals surface area contributed by atoms with Gasteiger partial charge in [-0.25, -0.2) is 0 Å². The number of amides is 1. The SMILES string of the molecule is CCCN1CCN(C(=O)C(CC)C(N)=S)CC1. The van der Waals surface area contributed by atoms with Crippen LogP contribution in [-0.2, 0) is 4.79 Å². The maximum absolute atomic E-state index is 12.2. The molecule has 1 unspecified atom stereocenters. The Labute approximate surface area is 109 Å². The van der Waals surface area contributed by atoms with E-state index in [9.17, 15) is 4.79 Å². The van der Waals surface area contributed by atoms with Crippen molar-refractivity contribution in [1.29, 1.82) is 0 Å². The fourth-order valence-corrected chi connectivity index (χ4v) is 2.49. The molecule has 0 radical (unpaired) electrons. The first-order chi connectivity index (χ1) is 8.10. The van der Waals surface area contributed by atoms with E-state index in [1.807, 2.05) is 11.8 Å². The van der Waals surface area contributed by atoms with Crippen LogP contribution in [0.15, 0.2) is 0 Å². The summed E-state index contributed by atoms with van der Waals surface area (Å²) in [5.74, 6) is -0.168. The summed E-state index contributed by atoms with van der Waals surface area (Å²) in [5.41, 5.74) is 5.60. The third kappa shape index (κ3) is 3.92. The van der Waals surface area contributed by atoms with Gasteiger partial charge in [0.1, 0.15) is 0 Å². The normalized spacial score (nSPS) is 19.1. The van der Waals surface area contributed by atoms with Crippen molar-refractivity contribution in [3.8, 4) is 0 Å². The van der Waals surface area contributed by atoms with Crippen LogP contribution in [0.25, 0.3) is 0 Å². The third-order valence-electron chi connectivity index (χ3n) is 3.27. The summed E-state index contributed by atoms with van der Waals surface area (Å²) in [7, 11) is 0. The van der Waals surface area contributed by atoms with Crippen molar-refractivity contribution in [2.45, 2.75) is 26.7 Å². The molecule has 1 rings (SSSR count). The summed E-state index contributed by atoms with van der Waals surface area (Å²) >= 11 is 4.95. The lowest BCUT2D eigenvalue weighted by atomic mass is 10.0. The summed E-state index contributed by atoms with van der Waals surface area (Å²) in [4.78, 5) is 16.8. The molecular weight excluding hydrogens is 234 g/mol. The summed E-state index contributed by atoms with van der Waals surface area (Å²) in [5, 5.41) is 0. The topological polar surface area (TPSA) is 49.6 Å². The van der Waals surface area contributed by atoms with Gasteiger partial charge in [0.2, 0.25) is 5.91 Å². The lowest BCUT2D eigenvalue weighted by Crippen LogP contribution is -2.51. The summed E-state index contributed by atoms with van der Waals surface area (Å²) < 4.78 is 0. The van der Waals surface area contributed by atoms with Crippen LogP contribution in [-0.4, -0.2) is 53.4 Å². The number of piperazine rings is 1. The van der Waals surface area contributed by atoms with E-state index in [1.54, 1.807) is 0 Å². The summed E-state index contributed by atoms with van der Waals surface area (Å²) in [6.45, 7) is 8.79. The first-order valence-electron chi connectivity index (χ1n) is 6.40. The monoisotopic (exact) mass is 257 g/mol. The zero-order chi connectivity index (χ0) is 12.8. The molecule has 0 spiro atoms. The van der Waals surface area contributed by atoms with Crippen molar-refractivity contribution in [3.05, 3.63) is 0 Å².